The van der Waals surface area contributed by atoms with E-state index in [1.807, 2.05) is 13.8 Å². The van der Waals surface area contributed by atoms with Crippen LogP contribution in [0.25, 0.3) is 0 Å². The first-order valence-corrected chi connectivity index (χ1v) is 6.41. The summed E-state index contributed by atoms with van der Waals surface area (Å²) in [5.74, 6) is 1.31. The Morgan fingerprint density at radius 3 is 2.89 bits per heavy atom. The van der Waals surface area contributed by atoms with E-state index in [0.717, 1.165) is 5.69 Å². The van der Waals surface area contributed by atoms with Crippen LogP contribution in [0.15, 0.2) is 22.7 Å². The number of aryl methyl sites for hydroxylation is 3. The van der Waals surface area contributed by atoms with Gasteiger partial charge in [0.1, 0.15) is 6.04 Å². The standard InChI is InChI=1S/C14H17N3O/c1-9(14-16-10(2)17-18-14)15-13-7-6-11-4-3-5-12(11)8-13/h6-9,15H,3-5H2,1-2H3. The Morgan fingerprint density at radius 1 is 1.28 bits per heavy atom. The summed E-state index contributed by atoms with van der Waals surface area (Å²) in [4.78, 5) is 4.24. The minimum Gasteiger partial charge on any atom is -0.374 e. The van der Waals surface area contributed by atoms with Crippen molar-refractivity contribution in [3.63, 3.8) is 0 Å². The number of benzene rings is 1. The highest BCUT2D eigenvalue weighted by Gasteiger charge is 2.15. The second kappa shape index (κ2) is 4.44. The predicted octanol–water partition coefficient (Wildman–Crippen LogP) is 3.04. The van der Waals surface area contributed by atoms with Crippen LogP contribution in [0.4, 0.5) is 5.69 Å². The molecule has 1 aromatic carbocycles. The number of nitrogens with one attached hydrogen (secondary N) is 1. The maximum Gasteiger partial charge on any atom is 0.248 e. The fraction of sp³-hybridized carbons (Fsp3) is 0.429. The molecule has 1 N–H and O–H groups in total. The second-order valence-corrected chi connectivity index (χ2v) is 4.88. The number of fused-ring (bicyclic) bond motifs is 1. The van der Waals surface area contributed by atoms with Gasteiger partial charge in [0.05, 0.1) is 0 Å². The Labute approximate surface area is 106 Å². The number of hydrogen-bond donors (Lipinski definition) is 1. The van der Waals surface area contributed by atoms with Gasteiger partial charge in [0.25, 0.3) is 0 Å². The van der Waals surface area contributed by atoms with Crippen molar-refractivity contribution < 1.29 is 4.52 Å². The molecular formula is C14H17N3O. The first kappa shape index (κ1) is 11.3. The third kappa shape index (κ3) is 2.10. The van der Waals surface area contributed by atoms with E-state index in [0.29, 0.717) is 11.7 Å². The van der Waals surface area contributed by atoms with Gasteiger partial charge in [0.2, 0.25) is 5.89 Å². The molecular weight excluding hydrogens is 226 g/mol. The molecule has 0 fully saturated rings. The highest BCUT2D eigenvalue weighted by molar-refractivity contribution is 5.50. The van der Waals surface area contributed by atoms with E-state index < -0.39 is 0 Å². The van der Waals surface area contributed by atoms with Gasteiger partial charge in [-0.2, -0.15) is 4.98 Å². The molecule has 4 heteroatoms. The molecule has 1 aliphatic rings. The van der Waals surface area contributed by atoms with Gasteiger partial charge in [-0.05, 0) is 56.4 Å². The molecule has 0 saturated heterocycles. The minimum absolute atomic E-state index is 0.0330. The van der Waals surface area contributed by atoms with Gasteiger partial charge >= 0.3 is 0 Å². The van der Waals surface area contributed by atoms with Crippen molar-refractivity contribution in [2.45, 2.75) is 39.2 Å². The molecule has 0 bridgehead atoms. The molecule has 94 valence electrons. The summed E-state index contributed by atoms with van der Waals surface area (Å²) in [6.07, 6.45) is 3.68. The minimum atomic E-state index is 0.0330. The monoisotopic (exact) mass is 243 g/mol. The SMILES string of the molecule is Cc1noc(C(C)Nc2ccc3c(c2)CCC3)n1. The van der Waals surface area contributed by atoms with Gasteiger partial charge in [0, 0.05) is 5.69 Å². The Morgan fingerprint density at radius 2 is 2.11 bits per heavy atom. The van der Waals surface area contributed by atoms with Crippen LogP contribution in [-0.4, -0.2) is 10.1 Å². The van der Waals surface area contributed by atoms with Gasteiger partial charge in [-0.25, -0.2) is 0 Å². The molecule has 2 aromatic rings. The largest absolute Gasteiger partial charge is 0.374 e. The highest BCUT2D eigenvalue weighted by Crippen LogP contribution is 2.26. The Balaban J connectivity index is 1.76. The van der Waals surface area contributed by atoms with Crippen LogP contribution >= 0.6 is 0 Å². The summed E-state index contributed by atoms with van der Waals surface area (Å²) < 4.78 is 5.17. The van der Waals surface area contributed by atoms with Gasteiger partial charge in [-0.1, -0.05) is 11.2 Å². The summed E-state index contributed by atoms with van der Waals surface area (Å²) in [6, 6.07) is 6.62. The maximum atomic E-state index is 5.17. The number of anilines is 1. The van der Waals surface area contributed by atoms with E-state index >= 15 is 0 Å². The quantitative estimate of drug-likeness (QED) is 0.900. The van der Waals surface area contributed by atoms with Crippen LogP contribution in [0.1, 0.15) is 42.2 Å². The van der Waals surface area contributed by atoms with Crippen molar-refractivity contribution >= 4 is 5.69 Å². The van der Waals surface area contributed by atoms with Crippen LogP contribution in [0.5, 0.6) is 0 Å². The van der Waals surface area contributed by atoms with Crippen molar-refractivity contribution in [3.05, 3.63) is 41.0 Å². The van der Waals surface area contributed by atoms with Crippen molar-refractivity contribution in [2.75, 3.05) is 5.32 Å². The van der Waals surface area contributed by atoms with Crippen molar-refractivity contribution in [2.24, 2.45) is 0 Å². The lowest BCUT2D eigenvalue weighted by atomic mass is 10.1. The molecule has 1 unspecified atom stereocenters. The molecule has 1 atom stereocenters. The molecule has 0 aliphatic heterocycles. The lowest BCUT2D eigenvalue weighted by Gasteiger charge is -2.12. The van der Waals surface area contributed by atoms with E-state index in [2.05, 4.69) is 33.7 Å². The average Bonchev–Trinajstić information content (AvgIpc) is 2.96. The number of nitrogens with zero attached hydrogens (tertiary/aromatic N) is 2. The van der Waals surface area contributed by atoms with Crippen LogP contribution in [0, 0.1) is 6.92 Å². The van der Waals surface area contributed by atoms with E-state index in [4.69, 9.17) is 4.52 Å². The number of aromatic nitrogens is 2. The Bertz CT molecular complexity index is 562. The smallest absolute Gasteiger partial charge is 0.248 e. The molecule has 18 heavy (non-hydrogen) atoms. The molecule has 0 amide bonds. The molecule has 3 rings (SSSR count). The maximum absolute atomic E-state index is 5.17. The lowest BCUT2D eigenvalue weighted by Crippen LogP contribution is -2.07. The lowest BCUT2D eigenvalue weighted by molar-refractivity contribution is 0.364. The van der Waals surface area contributed by atoms with Crippen LogP contribution < -0.4 is 5.32 Å². The zero-order valence-electron chi connectivity index (χ0n) is 10.7. The molecule has 1 aromatic heterocycles. The van der Waals surface area contributed by atoms with Gasteiger partial charge in [-0.15, -0.1) is 0 Å². The van der Waals surface area contributed by atoms with E-state index in [1.54, 1.807) is 0 Å². The van der Waals surface area contributed by atoms with E-state index in [-0.39, 0.29) is 6.04 Å². The predicted molar refractivity (Wildman–Crippen MR) is 69.5 cm³/mol. The summed E-state index contributed by atoms with van der Waals surface area (Å²) in [5.41, 5.74) is 4.08. The number of rotatable bonds is 3. The first-order chi connectivity index (χ1) is 8.72. The zero-order valence-corrected chi connectivity index (χ0v) is 10.7. The summed E-state index contributed by atoms with van der Waals surface area (Å²) in [7, 11) is 0. The molecule has 1 heterocycles. The zero-order chi connectivity index (χ0) is 12.5. The Hall–Kier alpha value is -1.84. The highest BCUT2D eigenvalue weighted by atomic mass is 16.5. The fourth-order valence-corrected chi connectivity index (χ4v) is 2.46. The Kier molecular flexibility index (Phi) is 2.78. The second-order valence-electron chi connectivity index (χ2n) is 4.88. The topological polar surface area (TPSA) is 51.0 Å². The van der Waals surface area contributed by atoms with Crippen molar-refractivity contribution in [1.82, 2.24) is 10.1 Å². The number of hydrogen-bond acceptors (Lipinski definition) is 4. The van der Waals surface area contributed by atoms with Gasteiger partial charge < -0.3 is 9.84 Å². The first-order valence-electron chi connectivity index (χ1n) is 6.41. The van der Waals surface area contributed by atoms with E-state index in [9.17, 15) is 0 Å². The molecule has 0 radical (unpaired) electrons. The van der Waals surface area contributed by atoms with Gasteiger partial charge in [0.15, 0.2) is 5.82 Å². The molecule has 1 aliphatic carbocycles. The van der Waals surface area contributed by atoms with Crippen LogP contribution in [0.3, 0.4) is 0 Å². The average molecular weight is 243 g/mol. The summed E-state index contributed by atoms with van der Waals surface area (Å²) in [6.45, 7) is 3.86. The third-order valence-electron chi connectivity index (χ3n) is 3.40. The summed E-state index contributed by atoms with van der Waals surface area (Å²) >= 11 is 0. The van der Waals surface area contributed by atoms with Crippen molar-refractivity contribution in [1.29, 1.82) is 0 Å². The third-order valence-corrected chi connectivity index (χ3v) is 3.40. The van der Waals surface area contributed by atoms with Crippen molar-refractivity contribution in [3.8, 4) is 0 Å². The van der Waals surface area contributed by atoms with Crippen LogP contribution in [-0.2, 0) is 12.8 Å². The van der Waals surface area contributed by atoms with E-state index in [1.165, 1.54) is 30.4 Å². The molecule has 0 spiro atoms. The van der Waals surface area contributed by atoms with Crippen LogP contribution in [0.2, 0.25) is 0 Å². The normalized spacial score (nSPS) is 15.4. The summed E-state index contributed by atoms with van der Waals surface area (Å²) in [5, 5.41) is 7.22. The van der Waals surface area contributed by atoms with Gasteiger partial charge in [-0.3, -0.25) is 0 Å². The fourth-order valence-electron chi connectivity index (χ4n) is 2.46. The molecule has 4 nitrogen and oxygen atoms in total. The molecule has 0 saturated carbocycles.